The molecule has 110 valence electrons. The third kappa shape index (κ3) is 2.71. The number of hydrogen-bond donors (Lipinski definition) is 1. The molecular formula is C18H28N2. The van der Waals surface area contributed by atoms with Crippen LogP contribution in [0, 0.1) is 12.8 Å². The summed E-state index contributed by atoms with van der Waals surface area (Å²) in [4.78, 5) is 2.69. The van der Waals surface area contributed by atoms with Crippen LogP contribution in [-0.2, 0) is 6.42 Å². The van der Waals surface area contributed by atoms with Crippen molar-refractivity contribution in [3.8, 4) is 0 Å². The lowest BCUT2D eigenvalue weighted by atomic mass is 9.95. The molecule has 1 saturated heterocycles. The van der Waals surface area contributed by atoms with Crippen LogP contribution >= 0.6 is 0 Å². The van der Waals surface area contributed by atoms with Crippen LogP contribution in [0.15, 0.2) is 18.2 Å². The van der Waals surface area contributed by atoms with Crippen LogP contribution in [0.4, 0.5) is 5.69 Å². The second-order valence-electron chi connectivity index (χ2n) is 6.60. The summed E-state index contributed by atoms with van der Waals surface area (Å²) >= 11 is 0. The molecule has 0 spiro atoms. The van der Waals surface area contributed by atoms with Gasteiger partial charge in [0.25, 0.3) is 0 Å². The summed E-state index contributed by atoms with van der Waals surface area (Å²) in [6.07, 6.45) is 9.56. The van der Waals surface area contributed by atoms with Gasteiger partial charge in [0.1, 0.15) is 0 Å². The van der Waals surface area contributed by atoms with Crippen molar-refractivity contribution in [2.24, 2.45) is 11.7 Å². The third-order valence-electron chi connectivity index (χ3n) is 5.31. The summed E-state index contributed by atoms with van der Waals surface area (Å²) in [5.41, 5.74) is 9.94. The maximum Gasteiger partial charge on any atom is 0.0371 e. The zero-order valence-corrected chi connectivity index (χ0v) is 12.8. The highest BCUT2D eigenvalue weighted by Crippen LogP contribution is 2.38. The van der Waals surface area contributed by atoms with Crippen molar-refractivity contribution in [2.45, 2.75) is 57.9 Å². The number of aryl methyl sites for hydroxylation is 1. The molecule has 2 N–H and O–H groups in total. The first kappa shape index (κ1) is 13.9. The van der Waals surface area contributed by atoms with Crippen molar-refractivity contribution in [1.29, 1.82) is 0 Å². The quantitative estimate of drug-likeness (QED) is 0.906. The molecule has 1 unspecified atom stereocenters. The third-order valence-corrected chi connectivity index (χ3v) is 5.31. The van der Waals surface area contributed by atoms with Crippen molar-refractivity contribution in [2.75, 3.05) is 18.0 Å². The Bertz CT molecular complexity index is 449. The van der Waals surface area contributed by atoms with E-state index in [2.05, 4.69) is 30.0 Å². The molecule has 0 aromatic heterocycles. The Morgan fingerprint density at radius 3 is 2.65 bits per heavy atom. The molecule has 2 aliphatic rings. The first-order valence-corrected chi connectivity index (χ1v) is 8.36. The molecule has 0 amide bonds. The van der Waals surface area contributed by atoms with E-state index >= 15 is 0 Å². The fourth-order valence-electron chi connectivity index (χ4n) is 4.24. The lowest BCUT2D eigenvalue weighted by Crippen LogP contribution is -2.34. The normalized spacial score (nSPS) is 23.7. The highest BCUT2D eigenvalue weighted by atomic mass is 15.2. The first-order chi connectivity index (χ1) is 9.79. The smallest absolute Gasteiger partial charge is 0.0371 e. The van der Waals surface area contributed by atoms with Crippen LogP contribution < -0.4 is 10.6 Å². The van der Waals surface area contributed by atoms with Gasteiger partial charge >= 0.3 is 0 Å². The molecule has 1 aromatic rings. The molecule has 1 aromatic carbocycles. The number of hydrogen-bond acceptors (Lipinski definition) is 2. The van der Waals surface area contributed by atoms with E-state index in [1.807, 2.05) is 0 Å². The summed E-state index contributed by atoms with van der Waals surface area (Å²) in [5.74, 6) is 0.946. The van der Waals surface area contributed by atoms with Gasteiger partial charge in [-0.3, -0.25) is 0 Å². The lowest BCUT2D eigenvalue weighted by molar-refractivity contribution is 0.431. The number of benzene rings is 1. The number of nitrogens with two attached hydrogens (primary N) is 1. The SMILES string of the molecule is Cc1cc(N2CCCC2C2CCCC2)ccc1CCN. The van der Waals surface area contributed by atoms with Gasteiger partial charge in [-0.1, -0.05) is 18.9 Å². The second kappa shape index (κ2) is 6.17. The summed E-state index contributed by atoms with van der Waals surface area (Å²) in [5, 5.41) is 0. The summed E-state index contributed by atoms with van der Waals surface area (Å²) in [6.45, 7) is 4.22. The van der Waals surface area contributed by atoms with Crippen LogP contribution in [-0.4, -0.2) is 19.1 Å². The molecule has 2 fully saturated rings. The van der Waals surface area contributed by atoms with Crippen LogP contribution in [0.2, 0.25) is 0 Å². The van der Waals surface area contributed by atoms with E-state index in [9.17, 15) is 0 Å². The predicted molar refractivity (Wildman–Crippen MR) is 86.3 cm³/mol. The van der Waals surface area contributed by atoms with Crippen LogP contribution in [0.3, 0.4) is 0 Å². The Morgan fingerprint density at radius 1 is 1.15 bits per heavy atom. The lowest BCUT2D eigenvalue weighted by Gasteiger charge is -2.31. The van der Waals surface area contributed by atoms with Crippen molar-refractivity contribution in [3.05, 3.63) is 29.3 Å². The fraction of sp³-hybridized carbons (Fsp3) is 0.667. The zero-order valence-electron chi connectivity index (χ0n) is 12.8. The average molecular weight is 272 g/mol. The number of rotatable bonds is 4. The predicted octanol–water partition coefficient (Wildman–Crippen LogP) is 3.66. The minimum Gasteiger partial charge on any atom is -0.368 e. The van der Waals surface area contributed by atoms with Gasteiger partial charge in [-0.2, -0.15) is 0 Å². The highest BCUT2D eigenvalue weighted by molar-refractivity contribution is 5.52. The van der Waals surface area contributed by atoms with E-state index in [4.69, 9.17) is 5.73 Å². The number of anilines is 1. The molecule has 2 nitrogen and oxygen atoms in total. The Labute approximate surface area is 123 Å². The second-order valence-corrected chi connectivity index (χ2v) is 6.60. The molecule has 1 heterocycles. The van der Waals surface area contributed by atoms with Crippen molar-refractivity contribution >= 4 is 5.69 Å². The van der Waals surface area contributed by atoms with Crippen LogP contribution in [0.5, 0.6) is 0 Å². The van der Waals surface area contributed by atoms with Crippen LogP contribution in [0.25, 0.3) is 0 Å². The van der Waals surface area contributed by atoms with Gasteiger partial charge in [0.05, 0.1) is 0 Å². The molecule has 3 rings (SSSR count). The number of nitrogens with zero attached hydrogens (tertiary/aromatic N) is 1. The fourth-order valence-corrected chi connectivity index (χ4v) is 4.24. The van der Waals surface area contributed by atoms with E-state index < -0.39 is 0 Å². The molecule has 0 bridgehead atoms. The van der Waals surface area contributed by atoms with E-state index in [1.165, 1.54) is 61.9 Å². The van der Waals surface area contributed by atoms with Crippen molar-refractivity contribution in [1.82, 2.24) is 0 Å². The Kier molecular flexibility index (Phi) is 4.30. The van der Waals surface area contributed by atoms with Gasteiger partial charge in [0.2, 0.25) is 0 Å². The summed E-state index contributed by atoms with van der Waals surface area (Å²) in [7, 11) is 0. The standard InChI is InChI=1S/C18H28N2/c1-14-13-17(9-8-15(14)10-11-19)20-12-4-7-18(20)16-5-2-3-6-16/h8-9,13,16,18H,2-7,10-12,19H2,1H3. The maximum atomic E-state index is 5.68. The summed E-state index contributed by atoms with van der Waals surface area (Å²) < 4.78 is 0. The molecule has 2 heteroatoms. The minimum atomic E-state index is 0.745. The molecule has 1 saturated carbocycles. The van der Waals surface area contributed by atoms with E-state index in [0.29, 0.717) is 0 Å². The van der Waals surface area contributed by atoms with Gasteiger partial charge in [-0.05, 0) is 74.8 Å². The van der Waals surface area contributed by atoms with Crippen LogP contribution in [0.1, 0.15) is 49.7 Å². The molecule has 1 aliphatic heterocycles. The zero-order chi connectivity index (χ0) is 13.9. The van der Waals surface area contributed by atoms with Gasteiger partial charge < -0.3 is 10.6 Å². The Hall–Kier alpha value is -1.02. The topological polar surface area (TPSA) is 29.3 Å². The van der Waals surface area contributed by atoms with Crippen molar-refractivity contribution in [3.63, 3.8) is 0 Å². The van der Waals surface area contributed by atoms with Gasteiger partial charge in [-0.25, -0.2) is 0 Å². The van der Waals surface area contributed by atoms with E-state index in [1.54, 1.807) is 0 Å². The van der Waals surface area contributed by atoms with E-state index in [0.717, 1.165) is 24.9 Å². The average Bonchev–Trinajstić information content (AvgIpc) is 3.11. The first-order valence-electron chi connectivity index (χ1n) is 8.36. The summed E-state index contributed by atoms with van der Waals surface area (Å²) in [6, 6.07) is 7.81. The van der Waals surface area contributed by atoms with Gasteiger partial charge in [-0.15, -0.1) is 0 Å². The Morgan fingerprint density at radius 2 is 1.95 bits per heavy atom. The molecule has 1 aliphatic carbocycles. The van der Waals surface area contributed by atoms with Crippen molar-refractivity contribution < 1.29 is 0 Å². The molecule has 20 heavy (non-hydrogen) atoms. The molecule has 0 radical (unpaired) electrons. The minimum absolute atomic E-state index is 0.745. The largest absolute Gasteiger partial charge is 0.368 e. The maximum absolute atomic E-state index is 5.68. The molecular weight excluding hydrogens is 244 g/mol. The Balaban J connectivity index is 1.78. The monoisotopic (exact) mass is 272 g/mol. The van der Waals surface area contributed by atoms with Gasteiger partial charge in [0, 0.05) is 18.3 Å². The van der Waals surface area contributed by atoms with Gasteiger partial charge in [0.15, 0.2) is 0 Å². The highest BCUT2D eigenvalue weighted by Gasteiger charge is 2.33. The van der Waals surface area contributed by atoms with E-state index in [-0.39, 0.29) is 0 Å². The molecule has 1 atom stereocenters.